The van der Waals surface area contributed by atoms with E-state index < -0.39 is 13.6 Å². The van der Waals surface area contributed by atoms with Crippen molar-refractivity contribution in [2.75, 3.05) is 18.7 Å². The third kappa shape index (κ3) is 10.6. The molecule has 1 aliphatic rings. The third-order valence-corrected chi connectivity index (χ3v) is 8.47. The summed E-state index contributed by atoms with van der Waals surface area (Å²) < 4.78 is 30.9. The van der Waals surface area contributed by atoms with E-state index in [1.54, 1.807) is 10.9 Å². The highest BCUT2D eigenvalue weighted by Gasteiger charge is 2.36. The van der Waals surface area contributed by atoms with Gasteiger partial charge in [-0.05, 0) is 6.42 Å². The van der Waals surface area contributed by atoms with E-state index in [-0.39, 0.29) is 25.5 Å². The number of hydrogen-bond donors (Lipinski definition) is 1. The molecule has 0 saturated carbocycles. The zero-order chi connectivity index (χ0) is 27.1. The summed E-state index contributed by atoms with van der Waals surface area (Å²) in [6.07, 6.45) is 21.5. The van der Waals surface area contributed by atoms with E-state index in [1.807, 2.05) is 0 Å². The third-order valence-electron chi connectivity index (χ3n) is 6.98. The molecule has 214 valence electrons. The van der Waals surface area contributed by atoms with E-state index in [0.29, 0.717) is 23.5 Å². The molecular formula is C27H46N5O5P. The second-order valence-electron chi connectivity index (χ2n) is 10.3. The Labute approximate surface area is 227 Å². The number of aromatic nitrogens is 4. The van der Waals surface area contributed by atoms with Crippen LogP contribution in [-0.2, 0) is 29.7 Å². The number of nitrogen functional groups attached to an aromatic ring is 1. The van der Waals surface area contributed by atoms with E-state index in [0.717, 1.165) is 19.3 Å². The van der Waals surface area contributed by atoms with Gasteiger partial charge in [-0.1, -0.05) is 96.8 Å². The van der Waals surface area contributed by atoms with Gasteiger partial charge in [-0.15, -0.1) is 0 Å². The number of anilines is 1. The molecule has 2 atom stereocenters. The van der Waals surface area contributed by atoms with Crippen molar-refractivity contribution in [2.45, 2.75) is 122 Å². The first-order valence-corrected chi connectivity index (χ1v) is 16.2. The van der Waals surface area contributed by atoms with Crippen molar-refractivity contribution in [1.82, 2.24) is 19.5 Å². The lowest BCUT2D eigenvalue weighted by atomic mass is 10.0. The van der Waals surface area contributed by atoms with Gasteiger partial charge in [-0.25, -0.2) is 19.5 Å². The summed E-state index contributed by atoms with van der Waals surface area (Å²) in [4.78, 5) is 24.6. The molecule has 0 radical (unpaired) electrons. The van der Waals surface area contributed by atoms with E-state index in [1.165, 1.54) is 83.4 Å². The maximum Gasteiger partial charge on any atom is 0.406 e. The number of unbranched alkanes of at least 4 members (excludes halogenated alkanes) is 14. The highest BCUT2D eigenvalue weighted by Crippen LogP contribution is 2.51. The van der Waals surface area contributed by atoms with Crippen molar-refractivity contribution in [2.24, 2.45) is 0 Å². The zero-order valence-electron chi connectivity index (χ0n) is 23.0. The summed E-state index contributed by atoms with van der Waals surface area (Å²) in [5.41, 5.74) is 6.92. The molecule has 1 fully saturated rings. The molecule has 0 aliphatic carbocycles. The molecule has 1 saturated heterocycles. The monoisotopic (exact) mass is 551 g/mol. The molecule has 2 aromatic heterocycles. The summed E-state index contributed by atoms with van der Waals surface area (Å²) in [5, 5.41) is 0. The van der Waals surface area contributed by atoms with Gasteiger partial charge in [0.1, 0.15) is 17.9 Å². The van der Waals surface area contributed by atoms with Gasteiger partial charge in [0.2, 0.25) is 0 Å². The molecule has 2 aromatic rings. The Bertz CT molecular complexity index is 1000. The van der Waals surface area contributed by atoms with Gasteiger partial charge in [-0.2, -0.15) is 0 Å². The lowest BCUT2D eigenvalue weighted by molar-refractivity contribution is -0.136. The normalized spacial score (nSPS) is 19.7. The molecule has 0 spiro atoms. The van der Waals surface area contributed by atoms with Crippen LogP contribution in [0.5, 0.6) is 0 Å². The van der Waals surface area contributed by atoms with E-state index in [2.05, 4.69) is 21.9 Å². The maximum absolute atomic E-state index is 12.8. The largest absolute Gasteiger partial charge is 0.406 e. The fourth-order valence-corrected chi connectivity index (χ4v) is 6.10. The first-order valence-electron chi connectivity index (χ1n) is 14.5. The molecule has 1 aliphatic heterocycles. The Morgan fingerprint density at radius 2 is 1.58 bits per heavy atom. The van der Waals surface area contributed by atoms with Gasteiger partial charge in [-0.3, -0.25) is 9.32 Å². The number of nitrogens with two attached hydrogens (primary N) is 1. The average Bonchev–Trinajstić information content (AvgIpc) is 3.31. The summed E-state index contributed by atoms with van der Waals surface area (Å²) in [5.74, 6) is -0.182. The van der Waals surface area contributed by atoms with Crippen molar-refractivity contribution in [1.29, 1.82) is 0 Å². The van der Waals surface area contributed by atoms with E-state index in [9.17, 15) is 9.36 Å². The minimum Gasteiger partial charge on any atom is -0.390 e. The Morgan fingerprint density at radius 3 is 2.16 bits per heavy atom. The topological polar surface area (TPSA) is 131 Å². The highest BCUT2D eigenvalue weighted by molar-refractivity contribution is 7.54. The molecule has 2 N–H and O–H groups in total. The van der Waals surface area contributed by atoms with Crippen LogP contribution in [0.2, 0.25) is 0 Å². The predicted octanol–water partition coefficient (Wildman–Crippen LogP) is 6.78. The van der Waals surface area contributed by atoms with Gasteiger partial charge in [0.15, 0.2) is 17.8 Å². The van der Waals surface area contributed by atoms with Crippen LogP contribution in [-0.4, -0.2) is 44.5 Å². The number of nitrogens with zero attached hydrogens (tertiary/aromatic N) is 4. The Morgan fingerprint density at radius 1 is 0.974 bits per heavy atom. The molecule has 0 amide bonds. The van der Waals surface area contributed by atoms with Crippen LogP contribution >= 0.6 is 7.60 Å². The van der Waals surface area contributed by atoms with Crippen LogP contribution in [0.1, 0.15) is 110 Å². The number of rotatable bonds is 19. The van der Waals surface area contributed by atoms with Crippen LogP contribution in [0.4, 0.5) is 5.82 Å². The summed E-state index contributed by atoms with van der Waals surface area (Å²) in [6, 6.07) is 0. The molecule has 0 aromatic carbocycles. The molecular weight excluding hydrogens is 505 g/mol. The number of hydrogen-bond acceptors (Lipinski definition) is 9. The fourth-order valence-electron chi connectivity index (χ4n) is 4.73. The molecule has 0 bridgehead atoms. The van der Waals surface area contributed by atoms with Crippen molar-refractivity contribution >= 4 is 30.5 Å². The maximum atomic E-state index is 12.8. The number of imidazole rings is 1. The molecule has 3 rings (SSSR count). The number of carbonyl (C=O) groups excluding carboxylic acids is 1. The standard InChI is InChI=1S/C27H46N5O5P/c1-2-3-4-5-6-7-8-9-10-11-12-13-14-15-16-17-24(33)37-38(34)22-35-23(19-36-38)18-32-21-31-25-26(28)29-20-30-27(25)32/h20-21,23H,2-19,22H2,1H3,(H2,28,29,30)/t23-,38?/m0/s1. The fraction of sp³-hybridized carbons (Fsp3) is 0.778. The average molecular weight is 552 g/mol. The molecule has 3 heterocycles. The van der Waals surface area contributed by atoms with Crippen LogP contribution < -0.4 is 5.73 Å². The van der Waals surface area contributed by atoms with Crippen molar-refractivity contribution < 1.29 is 23.1 Å². The Hall–Kier alpha value is -2.03. The van der Waals surface area contributed by atoms with E-state index >= 15 is 0 Å². The molecule has 1 unspecified atom stereocenters. The summed E-state index contributed by atoms with van der Waals surface area (Å²) >= 11 is 0. The van der Waals surface area contributed by atoms with Gasteiger partial charge in [0, 0.05) is 6.42 Å². The van der Waals surface area contributed by atoms with Crippen molar-refractivity contribution in [3.8, 4) is 0 Å². The number of carbonyl (C=O) groups is 1. The smallest absolute Gasteiger partial charge is 0.390 e. The van der Waals surface area contributed by atoms with Gasteiger partial charge >= 0.3 is 13.6 Å². The number of fused-ring (bicyclic) bond motifs is 1. The van der Waals surface area contributed by atoms with Gasteiger partial charge < -0.3 is 19.6 Å². The number of ether oxygens (including phenoxy) is 1. The van der Waals surface area contributed by atoms with Crippen LogP contribution in [0.3, 0.4) is 0 Å². The second kappa shape index (κ2) is 16.8. The minimum absolute atomic E-state index is 0.0454. The van der Waals surface area contributed by atoms with Crippen LogP contribution in [0.15, 0.2) is 12.7 Å². The van der Waals surface area contributed by atoms with Crippen LogP contribution in [0.25, 0.3) is 11.2 Å². The lowest BCUT2D eigenvalue weighted by Crippen LogP contribution is -2.31. The Kier molecular flexibility index (Phi) is 13.5. The zero-order valence-corrected chi connectivity index (χ0v) is 23.9. The second-order valence-corrected chi connectivity index (χ2v) is 12.2. The first kappa shape index (κ1) is 30.5. The predicted molar refractivity (Wildman–Crippen MR) is 149 cm³/mol. The molecule has 38 heavy (non-hydrogen) atoms. The van der Waals surface area contributed by atoms with Gasteiger partial charge in [0.25, 0.3) is 0 Å². The summed E-state index contributed by atoms with van der Waals surface area (Å²) in [6.45, 7) is 2.70. The first-order chi connectivity index (χ1) is 18.5. The summed E-state index contributed by atoms with van der Waals surface area (Å²) in [7, 11) is -3.58. The lowest BCUT2D eigenvalue weighted by Gasteiger charge is -2.28. The minimum atomic E-state index is -3.58. The van der Waals surface area contributed by atoms with Gasteiger partial charge in [0.05, 0.1) is 19.5 Å². The van der Waals surface area contributed by atoms with E-state index in [4.69, 9.17) is 19.5 Å². The van der Waals surface area contributed by atoms with Crippen LogP contribution in [0, 0.1) is 0 Å². The van der Waals surface area contributed by atoms with Crippen molar-refractivity contribution in [3.63, 3.8) is 0 Å². The quantitative estimate of drug-likeness (QED) is 0.148. The molecule has 11 heteroatoms. The highest BCUT2D eigenvalue weighted by atomic mass is 31.2. The Balaban J connectivity index is 1.18. The SMILES string of the molecule is CCCCCCCCCCCCCCCCCC(=O)OP1(=O)CO[C@@H](Cn2cnc3c(N)ncnc32)CO1. The molecule has 10 nitrogen and oxygen atoms in total. The van der Waals surface area contributed by atoms with Crippen molar-refractivity contribution in [3.05, 3.63) is 12.7 Å².